The van der Waals surface area contributed by atoms with Gasteiger partial charge in [0, 0.05) is 44.2 Å². The Kier molecular flexibility index (Phi) is 4.89. The monoisotopic (exact) mass is 288 g/mol. The molecule has 0 saturated carbocycles. The summed E-state index contributed by atoms with van der Waals surface area (Å²) in [4.78, 5) is 2.47. The van der Waals surface area contributed by atoms with Crippen LogP contribution in [0.25, 0.3) is 0 Å². The molecule has 0 N–H and O–H groups in total. The van der Waals surface area contributed by atoms with Gasteiger partial charge in [0.1, 0.15) is 0 Å². The van der Waals surface area contributed by atoms with Crippen molar-refractivity contribution >= 4 is 0 Å². The van der Waals surface area contributed by atoms with Gasteiger partial charge < -0.3 is 4.74 Å². The minimum atomic E-state index is 0.409. The quantitative estimate of drug-likeness (QED) is 0.831. The average molecular weight is 288 g/mol. The number of rotatable bonds is 5. The minimum absolute atomic E-state index is 0.409. The van der Waals surface area contributed by atoms with Gasteiger partial charge >= 0.3 is 0 Å². The van der Waals surface area contributed by atoms with Crippen LogP contribution in [0.2, 0.25) is 0 Å². The van der Waals surface area contributed by atoms with Crippen LogP contribution in [0.5, 0.6) is 0 Å². The van der Waals surface area contributed by atoms with Gasteiger partial charge in [-0.05, 0) is 31.2 Å². The van der Waals surface area contributed by atoms with Gasteiger partial charge in [0.05, 0.1) is 25.5 Å². The normalized spacial score (nSPS) is 22.7. The summed E-state index contributed by atoms with van der Waals surface area (Å²) in [5.41, 5.74) is 2.71. The second-order valence-corrected chi connectivity index (χ2v) is 6.03. The molecule has 0 aromatic carbocycles. The molecule has 1 aromatic rings. The lowest BCUT2D eigenvalue weighted by Gasteiger charge is -2.26. The molecule has 1 atom stereocenters. The summed E-state index contributed by atoms with van der Waals surface area (Å²) in [5.74, 6) is 0.409. The molecule has 114 valence electrons. The Morgan fingerprint density at radius 2 is 2.19 bits per heavy atom. The van der Waals surface area contributed by atoms with Crippen LogP contribution in [0.4, 0.5) is 0 Å². The van der Waals surface area contributed by atoms with Crippen LogP contribution in [0.15, 0.2) is 6.20 Å². The van der Waals surface area contributed by atoms with E-state index < -0.39 is 0 Å². The Hall–Kier alpha value is -1.38. The summed E-state index contributed by atoms with van der Waals surface area (Å²) >= 11 is 0. The minimum Gasteiger partial charge on any atom is -0.379 e. The van der Waals surface area contributed by atoms with Crippen LogP contribution >= 0.6 is 0 Å². The Labute approximate surface area is 126 Å². The van der Waals surface area contributed by atoms with Crippen LogP contribution in [-0.4, -0.2) is 47.5 Å². The molecular formula is C16H24N4O. The Bertz CT molecular complexity index is 499. The number of aryl methyl sites for hydroxylation is 1. The average Bonchev–Trinajstić information content (AvgIpc) is 2.93. The van der Waals surface area contributed by atoms with Gasteiger partial charge in [-0.15, -0.1) is 0 Å². The van der Waals surface area contributed by atoms with Crippen LogP contribution in [0.1, 0.15) is 42.9 Å². The van der Waals surface area contributed by atoms with Crippen LogP contribution in [-0.2, 0) is 17.7 Å². The molecule has 0 amide bonds. The van der Waals surface area contributed by atoms with Crippen molar-refractivity contribution in [3.63, 3.8) is 0 Å². The zero-order valence-corrected chi connectivity index (χ0v) is 12.6. The third kappa shape index (κ3) is 3.45. The van der Waals surface area contributed by atoms with Crippen LogP contribution < -0.4 is 0 Å². The largest absolute Gasteiger partial charge is 0.379 e. The van der Waals surface area contributed by atoms with E-state index in [9.17, 15) is 0 Å². The number of ether oxygens (including phenoxy) is 1. The van der Waals surface area contributed by atoms with Gasteiger partial charge in [-0.1, -0.05) is 0 Å². The molecule has 2 aliphatic rings. The zero-order valence-electron chi connectivity index (χ0n) is 12.6. The van der Waals surface area contributed by atoms with E-state index >= 15 is 0 Å². The summed E-state index contributed by atoms with van der Waals surface area (Å²) in [6.45, 7) is 5.97. The van der Waals surface area contributed by atoms with Crippen LogP contribution in [0, 0.1) is 11.3 Å². The maximum absolute atomic E-state index is 8.94. The molecule has 1 aromatic heterocycles. The first kappa shape index (κ1) is 14.6. The summed E-state index contributed by atoms with van der Waals surface area (Å²) in [5, 5.41) is 13.5. The van der Waals surface area contributed by atoms with E-state index in [1.54, 1.807) is 0 Å². The predicted molar refractivity (Wildman–Crippen MR) is 80.0 cm³/mol. The van der Waals surface area contributed by atoms with Crippen molar-refractivity contribution in [1.29, 1.82) is 5.26 Å². The fraction of sp³-hybridized carbons (Fsp3) is 0.750. The molecule has 2 heterocycles. The Morgan fingerprint density at radius 3 is 3.00 bits per heavy atom. The second kappa shape index (κ2) is 7.06. The van der Waals surface area contributed by atoms with E-state index in [-0.39, 0.29) is 0 Å². The molecule has 1 saturated heterocycles. The molecule has 5 nitrogen and oxygen atoms in total. The fourth-order valence-electron chi connectivity index (χ4n) is 3.49. The zero-order chi connectivity index (χ0) is 14.5. The van der Waals surface area contributed by atoms with Crippen molar-refractivity contribution in [3.8, 4) is 6.07 Å². The molecule has 0 spiro atoms. The fourth-order valence-corrected chi connectivity index (χ4v) is 3.49. The van der Waals surface area contributed by atoms with Crippen molar-refractivity contribution in [3.05, 3.63) is 17.5 Å². The van der Waals surface area contributed by atoms with Gasteiger partial charge in [0.25, 0.3) is 0 Å². The van der Waals surface area contributed by atoms with Gasteiger partial charge in [-0.25, -0.2) is 0 Å². The lowest BCUT2D eigenvalue weighted by molar-refractivity contribution is 0.0368. The number of fused-ring (bicyclic) bond motifs is 1. The number of hydrogen-bond donors (Lipinski definition) is 0. The highest BCUT2D eigenvalue weighted by molar-refractivity contribution is 5.26. The second-order valence-electron chi connectivity index (χ2n) is 6.03. The van der Waals surface area contributed by atoms with E-state index in [0.29, 0.717) is 12.3 Å². The van der Waals surface area contributed by atoms with E-state index in [4.69, 9.17) is 10.00 Å². The molecule has 1 fully saturated rings. The standard InChI is InChI=1S/C16H24N4O/c17-6-5-14-3-1-4-16-15(14)13-18-20(16)8-2-7-19-9-11-21-12-10-19/h13-14H,1-5,7-12H2. The molecule has 1 aliphatic carbocycles. The molecule has 0 radical (unpaired) electrons. The van der Waals surface area contributed by atoms with Crippen LogP contribution in [0.3, 0.4) is 0 Å². The van der Waals surface area contributed by atoms with E-state index in [1.807, 2.05) is 6.20 Å². The maximum Gasteiger partial charge on any atom is 0.0628 e. The van der Waals surface area contributed by atoms with Gasteiger partial charge in [0.15, 0.2) is 0 Å². The number of hydrogen-bond acceptors (Lipinski definition) is 4. The first-order valence-electron chi connectivity index (χ1n) is 8.10. The first-order valence-corrected chi connectivity index (χ1v) is 8.10. The first-order chi connectivity index (χ1) is 10.4. The summed E-state index contributed by atoms with van der Waals surface area (Å²) in [6, 6.07) is 2.32. The van der Waals surface area contributed by atoms with Crippen molar-refractivity contribution in [1.82, 2.24) is 14.7 Å². The lowest BCUT2D eigenvalue weighted by atomic mass is 9.85. The van der Waals surface area contributed by atoms with Gasteiger partial charge in [-0.2, -0.15) is 10.4 Å². The molecule has 5 heteroatoms. The summed E-state index contributed by atoms with van der Waals surface area (Å²) in [7, 11) is 0. The number of nitrogens with zero attached hydrogens (tertiary/aromatic N) is 4. The number of aromatic nitrogens is 2. The van der Waals surface area contributed by atoms with Crippen molar-refractivity contribution in [2.24, 2.45) is 0 Å². The van der Waals surface area contributed by atoms with E-state index in [2.05, 4.69) is 20.7 Å². The molecule has 0 bridgehead atoms. The van der Waals surface area contributed by atoms with Crippen molar-refractivity contribution in [2.75, 3.05) is 32.8 Å². The predicted octanol–water partition coefficient (Wildman–Crippen LogP) is 1.94. The van der Waals surface area contributed by atoms with Gasteiger partial charge in [-0.3, -0.25) is 9.58 Å². The SMILES string of the molecule is N#CCC1CCCc2c1cnn2CCCN1CCOCC1. The van der Waals surface area contributed by atoms with E-state index in [1.165, 1.54) is 17.7 Å². The third-order valence-electron chi connectivity index (χ3n) is 4.67. The number of morpholine rings is 1. The van der Waals surface area contributed by atoms with Crippen molar-refractivity contribution in [2.45, 2.75) is 44.6 Å². The molecule has 3 rings (SSSR count). The van der Waals surface area contributed by atoms with E-state index in [0.717, 1.165) is 58.7 Å². The molecule has 21 heavy (non-hydrogen) atoms. The Morgan fingerprint density at radius 1 is 1.33 bits per heavy atom. The molecule has 1 unspecified atom stereocenters. The highest BCUT2D eigenvalue weighted by Gasteiger charge is 2.23. The topological polar surface area (TPSA) is 54.1 Å². The highest BCUT2D eigenvalue weighted by atomic mass is 16.5. The number of nitriles is 1. The highest BCUT2D eigenvalue weighted by Crippen LogP contribution is 2.33. The van der Waals surface area contributed by atoms with Crippen molar-refractivity contribution < 1.29 is 4.74 Å². The molecule has 1 aliphatic heterocycles. The Balaban J connectivity index is 1.55. The summed E-state index contributed by atoms with van der Waals surface area (Å²) in [6.07, 6.45) is 7.22. The third-order valence-corrected chi connectivity index (χ3v) is 4.67. The summed E-state index contributed by atoms with van der Waals surface area (Å²) < 4.78 is 7.56. The van der Waals surface area contributed by atoms with Gasteiger partial charge in [0.2, 0.25) is 0 Å². The smallest absolute Gasteiger partial charge is 0.0628 e. The molecular weight excluding hydrogens is 264 g/mol. The lowest BCUT2D eigenvalue weighted by Crippen LogP contribution is -2.37. The maximum atomic E-state index is 8.94.